The van der Waals surface area contributed by atoms with Crippen molar-refractivity contribution in [1.29, 1.82) is 0 Å². The molecule has 0 radical (unpaired) electrons. The number of allylic oxidation sites excluding steroid dienone is 4. The van der Waals surface area contributed by atoms with Gasteiger partial charge >= 0.3 is 0 Å². The van der Waals surface area contributed by atoms with Gasteiger partial charge in [0.25, 0.3) is 0 Å². The van der Waals surface area contributed by atoms with Crippen LogP contribution in [0.25, 0.3) is 0 Å². The molecule has 0 nitrogen and oxygen atoms in total. The van der Waals surface area contributed by atoms with Crippen LogP contribution in [0.4, 0.5) is 0 Å². The van der Waals surface area contributed by atoms with Gasteiger partial charge in [0.2, 0.25) is 0 Å². The number of hydrogen-bond acceptors (Lipinski definition) is 1. The highest BCUT2D eigenvalue weighted by Crippen LogP contribution is 2.41. The third-order valence-corrected chi connectivity index (χ3v) is 5.17. The summed E-state index contributed by atoms with van der Waals surface area (Å²) in [6, 6.07) is 0. The molecule has 0 saturated heterocycles. The van der Waals surface area contributed by atoms with Crippen LogP contribution in [0.5, 0.6) is 0 Å². The summed E-state index contributed by atoms with van der Waals surface area (Å²) in [6.07, 6.45) is 7.65. The summed E-state index contributed by atoms with van der Waals surface area (Å²) in [5, 5.41) is 0. The van der Waals surface area contributed by atoms with E-state index in [1.807, 2.05) is 13.0 Å². The molecule has 0 aliphatic rings. The molecule has 0 aromatic carbocycles. The van der Waals surface area contributed by atoms with Crippen LogP contribution in [0.3, 0.4) is 0 Å². The third kappa shape index (κ3) is 7.05. The van der Waals surface area contributed by atoms with Gasteiger partial charge in [-0.15, -0.1) is 0 Å². The van der Waals surface area contributed by atoms with Crippen LogP contribution in [0.15, 0.2) is 36.0 Å². The highest BCUT2D eigenvalue weighted by molar-refractivity contribution is 7.80. The molecule has 0 heterocycles. The molecule has 2 unspecified atom stereocenters. The minimum Gasteiger partial charge on any atom is -0.0987 e. The highest BCUT2D eigenvalue weighted by atomic mass is 32.1. The zero-order valence-corrected chi connectivity index (χ0v) is 18.3. The van der Waals surface area contributed by atoms with Crippen LogP contribution in [0.2, 0.25) is 0 Å². The lowest BCUT2D eigenvalue weighted by Crippen LogP contribution is -2.21. The number of rotatable bonds is 10. The van der Waals surface area contributed by atoms with E-state index < -0.39 is 0 Å². The van der Waals surface area contributed by atoms with E-state index in [1.54, 1.807) is 0 Å². The summed E-state index contributed by atoms with van der Waals surface area (Å²) in [6.45, 7) is 26.7. The van der Waals surface area contributed by atoms with Crippen LogP contribution < -0.4 is 0 Å². The molecule has 0 fully saturated rings. The molecule has 0 saturated carbocycles. The molecule has 0 aliphatic carbocycles. The molecule has 0 rings (SSSR count). The fourth-order valence-electron chi connectivity index (χ4n) is 3.97. The fraction of sp³-hybridized carbons (Fsp3) is 0.696. The van der Waals surface area contributed by atoms with Gasteiger partial charge in [-0.2, -0.15) is 0 Å². The first-order valence-corrected chi connectivity index (χ1v) is 9.89. The van der Waals surface area contributed by atoms with Crippen molar-refractivity contribution in [3.8, 4) is 0 Å². The topological polar surface area (TPSA) is 0 Å². The average Bonchev–Trinajstić information content (AvgIpc) is 2.41. The van der Waals surface area contributed by atoms with Gasteiger partial charge in [0.05, 0.1) is 0 Å². The molecule has 24 heavy (non-hydrogen) atoms. The molecule has 0 aliphatic heterocycles. The van der Waals surface area contributed by atoms with Crippen LogP contribution >= 0.6 is 12.2 Å². The predicted octanol–water partition coefficient (Wildman–Crippen LogP) is 8.09. The van der Waals surface area contributed by atoms with E-state index in [4.69, 9.17) is 12.2 Å². The van der Waals surface area contributed by atoms with Gasteiger partial charge in [-0.25, -0.2) is 0 Å². The smallest absolute Gasteiger partial charge is 0.0199 e. The maximum Gasteiger partial charge on any atom is 0.0199 e. The Morgan fingerprint density at radius 2 is 1.71 bits per heavy atom. The maximum atomic E-state index is 5.63. The van der Waals surface area contributed by atoms with Crippen molar-refractivity contribution in [2.75, 3.05) is 0 Å². The van der Waals surface area contributed by atoms with Gasteiger partial charge in [0.1, 0.15) is 0 Å². The normalized spacial score (nSPS) is 16.8. The summed E-state index contributed by atoms with van der Waals surface area (Å²) in [7, 11) is 0. The molecule has 0 aromatic heterocycles. The van der Waals surface area contributed by atoms with Crippen molar-refractivity contribution in [2.45, 2.75) is 87.5 Å². The van der Waals surface area contributed by atoms with Crippen LogP contribution in [0, 0.1) is 16.7 Å². The van der Waals surface area contributed by atoms with Gasteiger partial charge in [0.15, 0.2) is 0 Å². The second-order valence-electron chi connectivity index (χ2n) is 8.89. The van der Waals surface area contributed by atoms with Crippen molar-refractivity contribution in [3.05, 3.63) is 36.0 Å². The standard InChI is InChI=1S/C23H40S/c1-11-14-23(10,13-3)20(12-2)21(19(6)24)18(5)15-17(4)16-22(7,8)9/h12,17H,2,5,11,13-16H2,1,3-4,6-10H3/b21-20-. The first-order chi connectivity index (χ1) is 10.9. The van der Waals surface area contributed by atoms with E-state index in [1.165, 1.54) is 29.6 Å². The lowest BCUT2D eigenvalue weighted by atomic mass is 9.72. The molecule has 0 bridgehead atoms. The summed E-state index contributed by atoms with van der Waals surface area (Å²) >= 11 is 5.63. The Balaban J connectivity index is 5.77. The monoisotopic (exact) mass is 348 g/mol. The molecule has 1 heteroatoms. The first kappa shape index (κ1) is 23.3. The summed E-state index contributed by atoms with van der Waals surface area (Å²) < 4.78 is 0. The van der Waals surface area contributed by atoms with Crippen molar-refractivity contribution in [3.63, 3.8) is 0 Å². The number of thiocarbonyl (C=S) groups is 1. The van der Waals surface area contributed by atoms with E-state index in [0.29, 0.717) is 11.3 Å². The Morgan fingerprint density at radius 3 is 2.04 bits per heavy atom. The van der Waals surface area contributed by atoms with Gasteiger partial charge in [-0.05, 0) is 66.1 Å². The molecule has 0 aromatic rings. The van der Waals surface area contributed by atoms with Crippen molar-refractivity contribution in [2.24, 2.45) is 16.7 Å². The van der Waals surface area contributed by atoms with Crippen LogP contribution in [-0.4, -0.2) is 4.86 Å². The molecule has 0 spiro atoms. The average molecular weight is 349 g/mol. The second kappa shape index (κ2) is 9.70. The van der Waals surface area contributed by atoms with Gasteiger partial charge in [0, 0.05) is 4.86 Å². The van der Waals surface area contributed by atoms with Crippen molar-refractivity contribution in [1.82, 2.24) is 0 Å². The summed E-state index contributed by atoms with van der Waals surface area (Å²) in [4.78, 5) is 0.952. The summed E-state index contributed by atoms with van der Waals surface area (Å²) in [5.74, 6) is 0.604. The Bertz CT molecular complexity index is 487. The Morgan fingerprint density at radius 1 is 1.17 bits per heavy atom. The number of hydrogen-bond donors (Lipinski definition) is 0. The quantitative estimate of drug-likeness (QED) is 0.218. The van der Waals surface area contributed by atoms with E-state index in [9.17, 15) is 0 Å². The molecular formula is C23H40S. The minimum absolute atomic E-state index is 0.127. The molecule has 2 atom stereocenters. The highest BCUT2D eigenvalue weighted by Gasteiger charge is 2.29. The molecule has 0 N–H and O–H groups in total. The fourth-order valence-corrected chi connectivity index (χ4v) is 4.23. The first-order valence-electron chi connectivity index (χ1n) is 9.48. The predicted molar refractivity (Wildman–Crippen MR) is 116 cm³/mol. The minimum atomic E-state index is 0.127. The molecule has 138 valence electrons. The van der Waals surface area contributed by atoms with Crippen LogP contribution in [-0.2, 0) is 0 Å². The van der Waals surface area contributed by atoms with E-state index >= 15 is 0 Å². The lowest BCUT2D eigenvalue weighted by molar-refractivity contribution is 0.306. The Kier molecular flexibility index (Phi) is 9.43. The third-order valence-electron chi connectivity index (χ3n) is 4.97. The SMILES string of the molecule is C=C/C(=C(\C(=C)CC(C)CC(C)(C)C)C(C)=S)C(C)(CC)CCC. The summed E-state index contributed by atoms with van der Waals surface area (Å²) in [5.41, 5.74) is 4.15. The Hall–Kier alpha value is -0.690. The zero-order valence-electron chi connectivity index (χ0n) is 17.5. The second-order valence-corrected chi connectivity index (χ2v) is 9.50. The van der Waals surface area contributed by atoms with Crippen molar-refractivity contribution >= 4 is 17.1 Å². The van der Waals surface area contributed by atoms with Gasteiger partial charge in [-0.3, -0.25) is 0 Å². The molecular weight excluding hydrogens is 308 g/mol. The van der Waals surface area contributed by atoms with Gasteiger partial charge in [-0.1, -0.05) is 86.3 Å². The molecule has 0 amide bonds. The van der Waals surface area contributed by atoms with E-state index in [0.717, 1.165) is 24.1 Å². The zero-order chi connectivity index (χ0) is 19.1. The van der Waals surface area contributed by atoms with E-state index in [2.05, 4.69) is 61.6 Å². The largest absolute Gasteiger partial charge is 0.0987 e. The van der Waals surface area contributed by atoms with Crippen LogP contribution in [0.1, 0.15) is 87.5 Å². The van der Waals surface area contributed by atoms with Crippen molar-refractivity contribution < 1.29 is 0 Å². The Labute approximate surface area is 157 Å². The lowest BCUT2D eigenvalue weighted by Gasteiger charge is -2.33. The van der Waals surface area contributed by atoms with Gasteiger partial charge < -0.3 is 0 Å². The van der Waals surface area contributed by atoms with E-state index in [-0.39, 0.29) is 5.41 Å². The maximum absolute atomic E-state index is 5.63.